The van der Waals surface area contributed by atoms with E-state index in [4.69, 9.17) is 5.11 Å². The van der Waals surface area contributed by atoms with Crippen LogP contribution in [0, 0.1) is 11.6 Å². The molecule has 2 rings (SSSR count). The van der Waals surface area contributed by atoms with E-state index in [2.05, 4.69) is 4.74 Å². The molecular formula is C16H9F5O3. The van der Waals surface area contributed by atoms with Gasteiger partial charge in [0.1, 0.15) is 5.75 Å². The van der Waals surface area contributed by atoms with Crippen molar-refractivity contribution < 1.29 is 36.6 Å². The highest BCUT2D eigenvalue weighted by Gasteiger charge is 2.31. The number of phenols is 1. The molecule has 126 valence electrons. The predicted octanol–water partition coefficient (Wildman–Crippen LogP) is 4.47. The first kappa shape index (κ1) is 17.5. The molecule has 0 aromatic heterocycles. The number of phenolic OH excluding ortho intramolecular Hbond substituents is 1. The summed E-state index contributed by atoms with van der Waals surface area (Å²) in [5, 5.41) is 8.99. The maximum absolute atomic E-state index is 13.5. The Morgan fingerprint density at radius 2 is 1.62 bits per heavy atom. The van der Waals surface area contributed by atoms with Crippen LogP contribution in [0.3, 0.4) is 0 Å². The molecule has 0 aliphatic rings. The molecular weight excluding hydrogens is 335 g/mol. The van der Waals surface area contributed by atoms with Crippen LogP contribution in [0.5, 0.6) is 11.5 Å². The van der Waals surface area contributed by atoms with Crippen LogP contribution in [0.15, 0.2) is 42.5 Å². The molecule has 0 saturated carbocycles. The van der Waals surface area contributed by atoms with E-state index in [1.807, 2.05) is 0 Å². The minimum Gasteiger partial charge on any atom is -0.505 e. The largest absolute Gasteiger partial charge is 0.573 e. The van der Waals surface area contributed by atoms with E-state index in [9.17, 15) is 26.7 Å². The van der Waals surface area contributed by atoms with Gasteiger partial charge in [0.2, 0.25) is 5.82 Å². The van der Waals surface area contributed by atoms with Gasteiger partial charge in [0.25, 0.3) is 0 Å². The van der Waals surface area contributed by atoms with E-state index in [0.717, 1.165) is 48.6 Å². The number of ether oxygens (including phenoxy) is 1. The summed E-state index contributed by atoms with van der Waals surface area (Å²) in [7, 11) is 0. The molecule has 0 unspecified atom stereocenters. The predicted molar refractivity (Wildman–Crippen MR) is 74.5 cm³/mol. The van der Waals surface area contributed by atoms with E-state index in [-0.39, 0.29) is 11.1 Å². The molecule has 0 fully saturated rings. The van der Waals surface area contributed by atoms with Crippen molar-refractivity contribution in [3.8, 4) is 11.5 Å². The van der Waals surface area contributed by atoms with Gasteiger partial charge in [-0.3, -0.25) is 4.79 Å². The van der Waals surface area contributed by atoms with Gasteiger partial charge >= 0.3 is 6.36 Å². The van der Waals surface area contributed by atoms with E-state index >= 15 is 0 Å². The second kappa shape index (κ2) is 6.69. The van der Waals surface area contributed by atoms with Gasteiger partial charge in [-0.2, -0.15) is 4.39 Å². The zero-order chi connectivity index (χ0) is 17.9. The quantitative estimate of drug-likeness (QED) is 0.506. The molecule has 0 spiro atoms. The van der Waals surface area contributed by atoms with Crippen molar-refractivity contribution in [2.75, 3.05) is 0 Å². The van der Waals surface area contributed by atoms with Crippen molar-refractivity contribution >= 4 is 11.9 Å². The molecule has 2 aromatic carbocycles. The van der Waals surface area contributed by atoms with Gasteiger partial charge in [0, 0.05) is 11.1 Å². The maximum atomic E-state index is 13.5. The minimum absolute atomic E-state index is 0.0282. The SMILES string of the molecule is O=C(C=Cc1ccc(O)c(F)c1F)c1ccc(OC(F)(F)F)cc1. The fourth-order valence-corrected chi connectivity index (χ4v) is 1.77. The summed E-state index contributed by atoms with van der Waals surface area (Å²) >= 11 is 0. The van der Waals surface area contributed by atoms with Crippen LogP contribution in [0.25, 0.3) is 6.08 Å². The van der Waals surface area contributed by atoms with Crippen LogP contribution in [0.1, 0.15) is 15.9 Å². The zero-order valence-electron chi connectivity index (χ0n) is 11.8. The van der Waals surface area contributed by atoms with Crippen molar-refractivity contribution in [1.82, 2.24) is 0 Å². The smallest absolute Gasteiger partial charge is 0.505 e. The molecule has 0 aliphatic carbocycles. The fourth-order valence-electron chi connectivity index (χ4n) is 1.77. The van der Waals surface area contributed by atoms with Crippen LogP contribution in [-0.4, -0.2) is 17.3 Å². The van der Waals surface area contributed by atoms with Gasteiger partial charge in [-0.05, 0) is 48.6 Å². The molecule has 1 N–H and O–H groups in total. The van der Waals surface area contributed by atoms with Gasteiger partial charge in [-0.25, -0.2) is 4.39 Å². The van der Waals surface area contributed by atoms with E-state index < -0.39 is 35.3 Å². The molecule has 8 heteroatoms. The third-order valence-corrected chi connectivity index (χ3v) is 2.88. The Hall–Kier alpha value is -2.90. The minimum atomic E-state index is -4.84. The van der Waals surface area contributed by atoms with Crippen molar-refractivity contribution in [1.29, 1.82) is 0 Å². The number of benzene rings is 2. The second-order valence-electron chi connectivity index (χ2n) is 4.57. The maximum Gasteiger partial charge on any atom is 0.573 e. The molecule has 0 heterocycles. The highest BCUT2D eigenvalue weighted by atomic mass is 19.4. The Balaban J connectivity index is 2.14. The Kier molecular flexibility index (Phi) is 4.87. The Labute approximate surface area is 132 Å². The molecule has 3 nitrogen and oxygen atoms in total. The van der Waals surface area contributed by atoms with Crippen LogP contribution in [0.4, 0.5) is 22.0 Å². The number of alkyl halides is 3. The molecule has 0 saturated heterocycles. The first-order valence-corrected chi connectivity index (χ1v) is 6.42. The number of aromatic hydroxyl groups is 1. The molecule has 0 radical (unpaired) electrons. The number of carbonyl (C=O) groups excluding carboxylic acids is 1. The topological polar surface area (TPSA) is 46.5 Å². The third-order valence-electron chi connectivity index (χ3n) is 2.88. The third kappa shape index (κ3) is 4.31. The lowest BCUT2D eigenvalue weighted by molar-refractivity contribution is -0.274. The first-order valence-electron chi connectivity index (χ1n) is 6.42. The number of hydrogen-bond donors (Lipinski definition) is 1. The lowest BCUT2D eigenvalue weighted by Crippen LogP contribution is -2.17. The van der Waals surface area contributed by atoms with Crippen LogP contribution in [-0.2, 0) is 0 Å². The monoisotopic (exact) mass is 344 g/mol. The lowest BCUT2D eigenvalue weighted by atomic mass is 10.1. The normalized spacial score (nSPS) is 11.7. The van der Waals surface area contributed by atoms with Crippen molar-refractivity contribution in [2.24, 2.45) is 0 Å². The number of ketones is 1. The summed E-state index contributed by atoms with van der Waals surface area (Å²) in [6, 6.07) is 6.09. The standard InChI is InChI=1S/C16H9F5O3/c17-14-10(4-8-13(23)15(14)18)3-7-12(22)9-1-5-11(6-2-9)24-16(19,20)21/h1-8,23H. The number of hydrogen-bond acceptors (Lipinski definition) is 3. The van der Waals surface area contributed by atoms with Gasteiger partial charge in [-0.15, -0.1) is 13.2 Å². The zero-order valence-corrected chi connectivity index (χ0v) is 11.8. The summed E-state index contributed by atoms with van der Waals surface area (Å²) < 4.78 is 66.4. The Morgan fingerprint density at radius 3 is 2.21 bits per heavy atom. The highest BCUT2D eigenvalue weighted by Crippen LogP contribution is 2.24. The summed E-state index contributed by atoms with van der Waals surface area (Å²) in [6.07, 6.45) is -2.93. The second-order valence-corrected chi connectivity index (χ2v) is 4.57. The van der Waals surface area contributed by atoms with Gasteiger partial charge in [-0.1, -0.05) is 0 Å². The van der Waals surface area contributed by atoms with Crippen molar-refractivity contribution in [3.63, 3.8) is 0 Å². The molecule has 24 heavy (non-hydrogen) atoms. The van der Waals surface area contributed by atoms with Gasteiger partial charge < -0.3 is 9.84 Å². The van der Waals surface area contributed by atoms with Gasteiger partial charge in [0.05, 0.1) is 0 Å². The summed E-state index contributed by atoms with van der Waals surface area (Å²) in [5.74, 6) is -4.77. The summed E-state index contributed by atoms with van der Waals surface area (Å²) in [4.78, 5) is 11.9. The van der Waals surface area contributed by atoms with E-state index in [1.165, 1.54) is 0 Å². The van der Waals surface area contributed by atoms with Crippen LogP contribution in [0.2, 0.25) is 0 Å². The first-order chi connectivity index (χ1) is 11.2. The summed E-state index contributed by atoms with van der Waals surface area (Å²) in [6.45, 7) is 0. The van der Waals surface area contributed by atoms with E-state index in [0.29, 0.717) is 0 Å². The summed E-state index contributed by atoms with van der Waals surface area (Å²) in [5.41, 5.74) is -0.240. The number of halogens is 5. The highest BCUT2D eigenvalue weighted by molar-refractivity contribution is 6.06. The molecule has 0 aliphatic heterocycles. The lowest BCUT2D eigenvalue weighted by Gasteiger charge is -2.08. The number of allylic oxidation sites excluding steroid dienone is 1. The number of rotatable bonds is 4. The van der Waals surface area contributed by atoms with E-state index in [1.54, 1.807) is 0 Å². The molecule has 0 bridgehead atoms. The Bertz CT molecular complexity index is 780. The van der Waals surface area contributed by atoms with Crippen LogP contribution < -0.4 is 4.74 Å². The number of carbonyl (C=O) groups is 1. The molecule has 0 amide bonds. The average molecular weight is 344 g/mol. The molecule has 2 aromatic rings. The molecule has 0 atom stereocenters. The van der Waals surface area contributed by atoms with Gasteiger partial charge in [0.15, 0.2) is 17.3 Å². The Morgan fingerprint density at radius 1 is 1.00 bits per heavy atom. The van der Waals surface area contributed by atoms with Crippen molar-refractivity contribution in [3.05, 3.63) is 65.2 Å². The van der Waals surface area contributed by atoms with Crippen LogP contribution >= 0.6 is 0 Å². The fraction of sp³-hybridized carbons (Fsp3) is 0.0625. The van der Waals surface area contributed by atoms with Crippen molar-refractivity contribution in [2.45, 2.75) is 6.36 Å². The average Bonchev–Trinajstić information content (AvgIpc) is 2.51.